The van der Waals surface area contributed by atoms with Gasteiger partial charge >= 0.3 is 6.18 Å². The van der Waals surface area contributed by atoms with E-state index in [2.05, 4.69) is 13.8 Å². The first-order chi connectivity index (χ1) is 6.89. The zero-order valence-electron chi connectivity index (χ0n) is 9.90. The molecule has 0 aliphatic carbocycles. The molecule has 0 spiro atoms. The molecule has 0 radical (unpaired) electrons. The summed E-state index contributed by atoms with van der Waals surface area (Å²) in [5.74, 6) is 0.512. The van der Waals surface area contributed by atoms with Crippen molar-refractivity contribution in [1.29, 1.82) is 0 Å². The maximum atomic E-state index is 12.2. The number of hydrogen-bond donors (Lipinski definition) is 0. The second kappa shape index (κ2) is 7.09. The lowest BCUT2D eigenvalue weighted by molar-refractivity contribution is -0.146. The summed E-state index contributed by atoms with van der Waals surface area (Å²) in [7, 11) is 0. The minimum atomic E-state index is -4.06. The molecule has 0 saturated heterocycles. The molecule has 0 aliphatic rings. The molecule has 0 aromatic rings. The molecular weight excluding hydrogens is 203 g/mol. The first-order valence-corrected chi connectivity index (χ1v) is 5.68. The lowest BCUT2D eigenvalue weighted by Crippen LogP contribution is -2.36. The molecule has 0 amide bonds. The molecule has 92 valence electrons. The molecule has 0 fully saturated rings. The van der Waals surface area contributed by atoms with Gasteiger partial charge in [0, 0.05) is 0 Å². The molecule has 0 saturated carbocycles. The lowest BCUT2D eigenvalue weighted by Gasteiger charge is -2.24. The largest absolute Gasteiger partial charge is 0.401 e. The van der Waals surface area contributed by atoms with E-state index in [1.165, 1.54) is 4.90 Å². The standard InChI is InChI=1S/C11H22F3N/c1-4-7-15(9-11(12,13)14)8-6-10(3)5-2/h10H,4-9H2,1-3H3. The van der Waals surface area contributed by atoms with Crippen LogP contribution >= 0.6 is 0 Å². The minimum Gasteiger partial charge on any atom is -0.295 e. The molecule has 0 aromatic carbocycles. The summed E-state index contributed by atoms with van der Waals surface area (Å²) in [6, 6.07) is 0. The van der Waals surface area contributed by atoms with E-state index in [9.17, 15) is 13.2 Å². The Hall–Kier alpha value is -0.250. The summed E-state index contributed by atoms with van der Waals surface area (Å²) in [4.78, 5) is 1.51. The molecule has 4 heteroatoms. The summed E-state index contributed by atoms with van der Waals surface area (Å²) in [5, 5.41) is 0. The van der Waals surface area contributed by atoms with E-state index in [1.54, 1.807) is 0 Å². The summed E-state index contributed by atoms with van der Waals surface area (Å²) in [6.07, 6.45) is -1.40. The van der Waals surface area contributed by atoms with Crippen LogP contribution < -0.4 is 0 Å². The summed E-state index contributed by atoms with van der Waals surface area (Å²) in [5.41, 5.74) is 0. The van der Waals surface area contributed by atoms with Gasteiger partial charge in [0.2, 0.25) is 0 Å². The third-order valence-electron chi connectivity index (χ3n) is 2.58. The highest BCUT2D eigenvalue weighted by molar-refractivity contribution is 4.64. The topological polar surface area (TPSA) is 3.24 Å². The normalized spacial score (nSPS) is 14.6. The number of alkyl halides is 3. The van der Waals surface area contributed by atoms with Crippen molar-refractivity contribution in [3.05, 3.63) is 0 Å². The Bertz CT molecular complexity index is 156. The Kier molecular flexibility index (Phi) is 6.98. The van der Waals surface area contributed by atoms with Crippen molar-refractivity contribution in [3.63, 3.8) is 0 Å². The van der Waals surface area contributed by atoms with Gasteiger partial charge in [0.05, 0.1) is 6.54 Å². The van der Waals surface area contributed by atoms with E-state index in [0.29, 0.717) is 19.0 Å². The Morgan fingerprint density at radius 3 is 2.13 bits per heavy atom. The number of rotatable bonds is 7. The van der Waals surface area contributed by atoms with E-state index in [-0.39, 0.29) is 0 Å². The van der Waals surface area contributed by atoms with Gasteiger partial charge in [0.1, 0.15) is 0 Å². The molecule has 0 aliphatic heterocycles. The van der Waals surface area contributed by atoms with E-state index >= 15 is 0 Å². The smallest absolute Gasteiger partial charge is 0.295 e. The minimum absolute atomic E-state index is 0.512. The quantitative estimate of drug-likeness (QED) is 0.638. The van der Waals surface area contributed by atoms with Crippen molar-refractivity contribution >= 4 is 0 Å². The predicted molar refractivity (Wildman–Crippen MR) is 56.9 cm³/mol. The monoisotopic (exact) mass is 225 g/mol. The Labute approximate surface area is 90.6 Å². The molecule has 1 unspecified atom stereocenters. The zero-order valence-corrected chi connectivity index (χ0v) is 9.90. The van der Waals surface area contributed by atoms with Crippen LogP contribution in [0.25, 0.3) is 0 Å². The highest BCUT2D eigenvalue weighted by Gasteiger charge is 2.30. The summed E-state index contributed by atoms with van der Waals surface area (Å²) >= 11 is 0. The number of nitrogens with zero attached hydrogens (tertiary/aromatic N) is 1. The van der Waals surface area contributed by atoms with Crippen molar-refractivity contribution in [1.82, 2.24) is 4.90 Å². The fourth-order valence-corrected chi connectivity index (χ4v) is 1.45. The molecule has 1 nitrogen and oxygen atoms in total. The van der Waals surface area contributed by atoms with Gasteiger partial charge < -0.3 is 0 Å². The van der Waals surface area contributed by atoms with Crippen LogP contribution in [-0.4, -0.2) is 30.7 Å². The zero-order chi connectivity index (χ0) is 11.9. The summed E-state index contributed by atoms with van der Waals surface area (Å²) < 4.78 is 36.6. The molecule has 0 rings (SSSR count). The molecule has 15 heavy (non-hydrogen) atoms. The van der Waals surface area contributed by atoms with E-state index in [4.69, 9.17) is 0 Å². The maximum Gasteiger partial charge on any atom is 0.401 e. The third-order valence-corrected chi connectivity index (χ3v) is 2.58. The van der Waals surface area contributed by atoms with Crippen LogP contribution in [0.1, 0.15) is 40.0 Å². The van der Waals surface area contributed by atoms with Crippen LogP contribution in [0.4, 0.5) is 13.2 Å². The van der Waals surface area contributed by atoms with Crippen molar-refractivity contribution in [2.75, 3.05) is 19.6 Å². The lowest BCUT2D eigenvalue weighted by atomic mass is 10.1. The SMILES string of the molecule is CCCN(CCC(C)CC)CC(F)(F)F. The first-order valence-electron chi connectivity index (χ1n) is 5.68. The fourth-order valence-electron chi connectivity index (χ4n) is 1.45. The van der Waals surface area contributed by atoms with Crippen LogP contribution in [0.3, 0.4) is 0 Å². The molecule has 0 bridgehead atoms. The average molecular weight is 225 g/mol. The van der Waals surface area contributed by atoms with Gasteiger partial charge in [-0.1, -0.05) is 27.2 Å². The maximum absolute atomic E-state index is 12.2. The Balaban J connectivity index is 3.93. The van der Waals surface area contributed by atoms with Crippen LogP contribution in [-0.2, 0) is 0 Å². The second-order valence-corrected chi connectivity index (χ2v) is 4.19. The Morgan fingerprint density at radius 2 is 1.73 bits per heavy atom. The highest BCUT2D eigenvalue weighted by atomic mass is 19.4. The fraction of sp³-hybridized carbons (Fsp3) is 1.00. The van der Waals surface area contributed by atoms with E-state index < -0.39 is 12.7 Å². The van der Waals surface area contributed by atoms with Crippen molar-refractivity contribution in [2.24, 2.45) is 5.92 Å². The van der Waals surface area contributed by atoms with Gasteiger partial charge in [0.15, 0.2) is 0 Å². The molecule has 0 aromatic heterocycles. The first kappa shape index (κ1) is 14.8. The van der Waals surface area contributed by atoms with Crippen LogP contribution in [0.5, 0.6) is 0 Å². The van der Waals surface area contributed by atoms with Crippen molar-refractivity contribution in [2.45, 2.75) is 46.2 Å². The summed E-state index contributed by atoms with van der Waals surface area (Å²) in [6.45, 7) is 6.39. The highest BCUT2D eigenvalue weighted by Crippen LogP contribution is 2.17. The number of halogens is 3. The van der Waals surface area contributed by atoms with Crippen molar-refractivity contribution < 1.29 is 13.2 Å². The van der Waals surface area contributed by atoms with Crippen LogP contribution in [0.2, 0.25) is 0 Å². The van der Waals surface area contributed by atoms with Crippen molar-refractivity contribution in [3.8, 4) is 0 Å². The molecule has 0 N–H and O–H groups in total. The average Bonchev–Trinajstić information content (AvgIpc) is 2.11. The van der Waals surface area contributed by atoms with Gasteiger partial charge in [-0.05, 0) is 31.8 Å². The molecule has 1 atom stereocenters. The number of hydrogen-bond acceptors (Lipinski definition) is 1. The van der Waals surface area contributed by atoms with Crippen LogP contribution in [0, 0.1) is 5.92 Å². The van der Waals surface area contributed by atoms with Gasteiger partial charge in [-0.25, -0.2) is 0 Å². The van der Waals surface area contributed by atoms with Gasteiger partial charge in [0.25, 0.3) is 0 Å². The van der Waals surface area contributed by atoms with Gasteiger partial charge in [-0.2, -0.15) is 13.2 Å². The predicted octanol–water partition coefficient (Wildman–Crippen LogP) is 3.70. The van der Waals surface area contributed by atoms with E-state index in [0.717, 1.165) is 19.3 Å². The Morgan fingerprint density at radius 1 is 1.13 bits per heavy atom. The van der Waals surface area contributed by atoms with E-state index in [1.807, 2.05) is 6.92 Å². The molecule has 0 heterocycles. The van der Waals surface area contributed by atoms with Gasteiger partial charge in [-0.3, -0.25) is 4.90 Å². The van der Waals surface area contributed by atoms with Gasteiger partial charge in [-0.15, -0.1) is 0 Å². The second-order valence-electron chi connectivity index (χ2n) is 4.19. The third kappa shape index (κ3) is 8.73. The molecular formula is C11H22F3N. The van der Waals surface area contributed by atoms with Crippen LogP contribution in [0.15, 0.2) is 0 Å².